The fraction of sp³-hybridized carbons (Fsp3) is 0.143. The minimum Gasteiger partial charge on any atom is -0.402 e. The lowest BCUT2D eigenvalue weighted by atomic mass is 9.81. The van der Waals surface area contributed by atoms with Gasteiger partial charge in [0.15, 0.2) is 0 Å². The largest absolute Gasteiger partial charge is 0.634 e. The first kappa shape index (κ1) is 23.5. The lowest BCUT2D eigenvalue weighted by Gasteiger charge is -2.34. The Hall–Kier alpha value is -3.18. The summed E-state index contributed by atoms with van der Waals surface area (Å²) in [6.07, 6.45) is 12.6. The van der Waals surface area contributed by atoms with Gasteiger partial charge in [0.25, 0.3) is 0 Å². The molecular formula is C28H29BO3. The van der Waals surface area contributed by atoms with Gasteiger partial charge < -0.3 is 14.7 Å². The molecule has 0 spiro atoms. The van der Waals surface area contributed by atoms with Crippen LogP contribution in [0.25, 0.3) is 18.2 Å². The van der Waals surface area contributed by atoms with Crippen LogP contribution in [-0.4, -0.2) is 23.0 Å². The van der Waals surface area contributed by atoms with Crippen LogP contribution in [0, 0.1) is 5.92 Å². The molecule has 162 valence electrons. The zero-order valence-electron chi connectivity index (χ0n) is 18.3. The molecule has 0 radical (unpaired) electrons. The molecule has 0 aliphatic rings. The maximum absolute atomic E-state index is 9.85. The predicted octanol–water partition coefficient (Wildman–Crippen LogP) is 5.88. The third-order valence-electron chi connectivity index (χ3n) is 5.32. The molecule has 1 unspecified atom stereocenters. The molecular weight excluding hydrogens is 395 g/mol. The van der Waals surface area contributed by atoms with Crippen LogP contribution in [0.1, 0.15) is 30.0 Å². The van der Waals surface area contributed by atoms with Gasteiger partial charge in [-0.25, -0.2) is 0 Å². The highest BCUT2D eigenvalue weighted by Crippen LogP contribution is 2.33. The summed E-state index contributed by atoms with van der Waals surface area (Å²) in [5.41, 5.74) is 2.01. The highest BCUT2D eigenvalue weighted by atomic mass is 16.6. The van der Waals surface area contributed by atoms with E-state index in [1.807, 2.05) is 121 Å². The molecule has 2 N–H and O–H groups in total. The van der Waals surface area contributed by atoms with Crippen molar-refractivity contribution in [3.05, 3.63) is 126 Å². The third kappa shape index (κ3) is 6.93. The molecule has 0 aliphatic heterocycles. The SMILES string of the molecule is CCC(C=Cc1ccccc1)C(C=Cc1ccccc1)(C=Cc1ccccc1)OB(O)O. The number of rotatable bonds is 10. The Balaban J connectivity index is 2.05. The van der Waals surface area contributed by atoms with Gasteiger partial charge in [0.2, 0.25) is 0 Å². The third-order valence-corrected chi connectivity index (χ3v) is 5.32. The van der Waals surface area contributed by atoms with Crippen molar-refractivity contribution in [2.24, 2.45) is 5.92 Å². The quantitative estimate of drug-likeness (QED) is 0.400. The van der Waals surface area contributed by atoms with Crippen LogP contribution in [0.15, 0.2) is 109 Å². The second kappa shape index (κ2) is 12.0. The Kier molecular flexibility index (Phi) is 8.82. The summed E-state index contributed by atoms with van der Waals surface area (Å²) in [5.74, 6) is -0.149. The average molecular weight is 424 g/mol. The summed E-state index contributed by atoms with van der Waals surface area (Å²) < 4.78 is 5.81. The summed E-state index contributed by atoms with van der Waals surface area (Å²) >= 11 is 0. The minimum atomic E-state index is -1.92. The normalized spacial score (nSPS) is 14.7. The highest BCUT2D eigenvalue weighted by molar-refractivity contribution is 6.33. The molecule has 0 saturated carbocycles. The molecule has 0 aromatic heterocycles. The van der Waals surface area contributed by atoms with Crippen LogP contribution in [0.4, 0.5) is 0 Å². The second-order valence-corrected chi connectivity index (χ2v) is 7.57. The van der Waals surface area contributed by atoms with Gasteiger partial charge in [-0.3, -0.25) is 0 Å². The van der Waals surface area contributed by atoms with Crippen LogP contribution in [0.5, 0.6) is 0 Å². The van der Waals surface area contributed by atoms with Crippen molar-refractivity contribution in [3.63, 3.8) is 0 Å². The Morgan fingerprint density at radius 3 is 1.50 bits per heavy atom. The Morgan fingerprint density at radius 1 is 0.719 bits per heavy atom. The van der Waals surface area contributed by atoms with E-state index in [-0.39, 0.29) is 5.92 Å². The van der Waals surface area contributed by atoms with Crippen molar-refractivity contribution >= 4 is 25.5 Å². The Morgan fingerprint density at radius 2 is 1.12 bits per heavy atom. The highest BCUT2D eigenvalue weighted by Gasteiger charge is 2.36. The standard InChI is InChI=1S/C28H29BO3/c1-2-27(19-18-24-12-6-3-7-13-24)28(32-29(30)31,22-20-25-14-8-4-9-15-25)23-21-26-16-10-5-11-17-26/h3-23,27,30-31H,2H2,1H3. The maximum Gasteiger partial charge on any atom is 0.634 e. The first-order valence-electron chi connectivity index (χ1n) is 10.9. The summed E-state index contributed by atoms with van der Waals surface area (Å²) in [6, 6.07) is 29.8. The Labute approximate surface area is 191 Å². The molecule has 0 fully saturated rings. The van der Waals surface area contributed by atoms with Gasteiger partial charge in [-0.2, -0.15) is 0 Å². The molecule has 3 aromatic carbocycles. The fourth-order valence-corrected chi connectivity index (χ4v) is 3.63. The van der Waals surface area contributed by atoms with Gasteiger partial charge in [0.1, 0.15) is 5.60 Å². The summed E-state index contributed by atoms with van der Waals surface area (Å²) in [4.78, 5) is 0. The van der Waals surface area contributed by atoms with E-state index < -0.39 is 12.9 Å². The van der Waals surface area contributed by atoms with Crippen molar-refractivity contribution in [1.82, 2.24) is 0 Å². The molecule has 3 aromatic rings. The first-order valence-corrected chi connectivity index (χ1v) is 10.9. The van der Waals surface area contributed by atoms with Gasteiger partial charge in [0, 0.05) is 5.92 Å². The number of hydrogen-bond donors (Lipinski definition) is 2. The smallest absolute Gasteiger partial charge is 0.402 e. The van der Waals surface area contributed by atoms with E-state index in [1.165, 1.54) is 0 Å². The van der Waals surface area contributed by atoms with E-state index in [2.05, 4.69) is 13.0 Å². The van der Waals surface area contributed by atoms with Crippen LogP contribution in [0.3, 0.4) is 0 Å². The monoisotopic (exact) mass is 424 g/mol. The lowest BCUT2D eigenvalue weighted by molar-refractivity contribution is 0.0633. The molecule has 0 aliphatic carbocycles. The zero-order chi connectivity index (χ0) is 22.7. The molecule has 1 atom stereocenters. The summed E-state index contributed by atoms with van der Waals surface area (Å²) in [5, 5.41) is 19.7. The van der Waals surface area contributed by atoms with Gasteiger partial charge in [-0.1, -0.05) is 122 Å². The Bertz CT molecular complexity index is 963. The first-order chi connectivity index (χ1) is 15.6. The van der Waals surface area contributed by atoms with Crippen molar-refractivity contribution in [1.29, 1.82) is 0 Å². The van der Waals surface area contributed by atoms with Crippen molar-refractivity contribution in [2.75, 3.05) is 0 Å². The predicted molar refractivity (Wildman–Crippen MR) is 134 cm³/mol. The van der Waals surface area contributed by atoms with E-state index >= 15 is 0 Å². The molecule has 3 nitrogen and oxygen atoms in total. The van der Waals surface area contributed by atoms with Crippen LogP contribution < -0.4 is 0 Å². The molecule has 0 amide bonds. The van der Waals surface area contributed by atoms with Crippen LogP contribution >= 0.6 is 0 Å². The number of hydrogen-bond acceptors (Lipinski definition) is 3. The van der Waals surface area contributed by atoms with Gasteiger partial charge in [-0.05, 0) is 35.3 Å². The average Bonchev–Trinajstić information content (AvgIpc) is 2.83. The zero-order valence-corrected chi connectivity index (χ0v) is 18.3. The summed E-state index contributed by atoms with van der Waals surface area (Å²) in [6.45, 7) is 2.06. The van der Waals surface area contributed by atoms with Crippen molar-refractivity contribution < 1.29 is 14.7 Å². The topological polar surface area (TPSA) is 49.7 Å². The van der Waals surface area contributed by atoms with Gasteiger partial charge in [0.05, 0.1) is 0 Å². The number of benzene rings is 3. The molecule has 0 bridgehead atoms. The van der Waals surface area contributed by atoms with E-state index in [0.717, 1.165) is 23.1 Å². The minimum absolute atomic E-state index is 0.149. The lowest BCUT2D eigenvalue weighted by Crippen LogP contribution is -2.41. The van der Waals surface area contributed by atoms with Crippen LogP contribution in [0.2, 0.25) is 0 Å². The summed E-state index contributed by atoms with van der Waals surface area (Å²) in [7, 11) is -1.92. The molecule has 3 rings (SSSR count). The molecule has 0 saturated heterocycles. The van der Waals surface area contributed by atoms with E-state index in [9.17, 15) is 10.0 Å². The molecule has 4 heteroatoms. The maximum atomic E-state index is 9.85. The fourth-order valence-electron chi connectivity index (χ4n) is 3.63. The van der Waals surface area contributed by atoms with E-state index in [0.29, 0.717) is 0 Å². The van der Waals surface area contributed by atoms with E-state index in [4.69, 9.17) is 4.65 Å². The van der Waals surface area contributed by atoms with E-state index in [1.54, 1.807) is 0 Å². The van der Waals surface area contributed by atoms with Gasteiger partial charge >= 0.3 is 7.32 Å². The van der Waals surface area contributed by atoms with Gasteiger partial charge in [-0.15, -0.1) is 0 Å². The molecule has 0 heterocycles. The van der Waals surface area contributed by atoms with Crippen molar-refractivity contribution in [2.45, 2.75) is 18.9 Å². The second-order valence-electron chi connectivity index (χ2n) is 7.57. The molecule has 32 heavy (non-hydrogen) atoms. The van der Waals surface area contributed by atoms with Crippen LogP contribution in [-0.2, 0) is 4.65 Å². The van der Waals surface area contributed by atoms with Crippen molar-refractivity contribution in [3.8, 4) is 0 Å².